The van der Waals surface area contributed by atoms with Crippen LogP contribution in [0.15, 0.2) is 0 Å². The first-order chi connectivity index (χ1) is 7.49. The van der Waals surface area contributed by atoms with Crippen LogP contribution in [0, 0.1) is 5.92 Å². The van der Waals surface area contributed by atoms with Crippen molar-refractivity contribution in [1.82, 2.24) is 10.2 Å². The Bertz CT molecular complexity index is 285. The summed E-state index contributed by atoms with van der Waals surface area (Å²) in [5, 5.41) is 3.03. The lowest BCUT2D eigenvalue weighted by molar-refractivity contribution is -0.139. The van der Waals surface area contributed by atoms with Gasteiger partial charge in [-0.2, -0.15) is 0 Å². The quantitative estimate of drug-likeness (QED) is 0.461. The van der Waals surface area contributed by atoms with Crippen LogP contribution in [0.3, 0.4) is 0 Å². The molecule has 0 aliphatic carbocycles. The van der Waals surface area contributed by atoms with Crippen LogP contribution in [0.2, 0.25) is 0 Å². The normalized spacial score (nSPS) is 15.2. The molecule has 7 heteroatoms. The number of hydrogen-bond donors (Lipinski definition) is 3. The molecule has 1 aliphatic rings. The maximum atomic E-state index is 11.7. The van der Waals surface area contributed by atoms with E-state index >= 15 is 0 Å². The summed E-state index contributed by atoms with van der Waals surface area (Å²) in [6.07, 6.45) is 0.313. The van der Waals surface area contributed by atoms with Gasteiger partial charge in [-0.25, -0.2) is 0 Å². The van der Waals surface area contributed by atoms with Crippen LogP contribution >= 0.6 is 0 Å². The van der Waals surface area contributed by atoms with Crippen LogP contribution in [0.5, 0.6) is 0 Å². The summed E-state index contributed by atoms with van der Waals surface area (Å²) in [6, 6.07) is 0. The number of amides is 3. The molecule has 0 saturated carbocycles. The number of rotatable bonds is 6. The molecular formula is C9H16N4O3. The van der Waals surface area contributed by atoms with Crippen molar-refractivity contribution in [3.8, 4) is 0 Å². The van der Waals surface area contributed by atoms with Gasteiger partial charge < -0.3 is 21.7 Å². The summed E-state index contributed by atoms with van der Waals surface area (Å²) in [5.41, 5.74) is 9.97. The fourth-order valence-electron chi connectivity index (χ4n) is 1.48. The molecule has 7 nitrogen and oxygen atoms in total. The Morgan fingerprint density at radius 2 is 1.62 bits per heavy atom. The van der Waals surface area contributed by atoms with Crippen LogP contribution < -0.4 is 16.8 Å². The van der Waals surface area contributed by atoms with Gasteiger partial charge in [-0.3, -0.25) is 14.4 Å². The molecule has 0 bridgehead atoms. The Balaban J connectivity index is 2.48. The first-order valence-corrected chi connectivity index (χ1v) is 5.04. The van der Waals surface area contributed by atoms with Crippen LogP contribution in [0.1, 0.15) is 6.42 Å². The van der Waals surface area contributed by atoms with Crippen LogP contribution in [-0.4, -0.2) is 48.8 Å². The molecule has 90 valence electrons. The lowest BCUT2D eigenvalue weighted by atomic mass is 9.98. The largest absolute Gasteiger partial charge is 0.368 e. The second kappa shape index (κ2) is 5.45. The van der Waals surface area contributed by atoms with Gasteiger partial charge in [-0.1, -0.05) is 0 Å². The Kier molecular flexibility index (Phi) is 4.24. The van der Waals surface area contributed by atoms with E-state index in [1.165, 1.54) is 0 Å². The maximum absolute atomic E-state index is 11.7. The third kappa shape index (κ3) is 3.85. The Hall–Kier alpha value is -1.63. The SMILES string of the molecule is NC(=O)CN(CC(N)=O)C(=O)CC1CNC1. The van der Waals surface area contributed by atoms with E-state index in [1.54, 1.807) is 0 Å². The summed E-state index contributed by atoms with van der Waals surface area (Å²) in [5.74, 6) is -1.29. The molecule has 0 spiro atoms. The van der Waals surface area contributed by atoms with E-state index in [9.17, 15) is 14.4 Å². The number of carbonyl (C=O) groups excluding carboxylic acids is 3. The number of carbonyl (C=O) groups is 3. The first-order valence-electron chi connectivity index (χ1n) is 5.04. The summed E-state index contributed by atoms with van der Waals surface area (Å²) in [7, 11) is 0. The van der Waals surface area contributed by atoms with Crippen molar-refractivity contribution in [1.29, 1.82) is 0 Å². The number of primary amides is 2. The van der Waals surface area contributed by atoms with Crippen molar-refractivity contribution in [3.05, 3.63) is 0 Å². The fraction of sp³-hybridized carbons (Fsp3) is 0.667. The van der Waals surface area contributed by atoms with E-state index in [0.717, 1.165) is 18.0 Å². The highest BCUT2D eigenvalue weighted by Crippen LogP contribution is 2.10. The molecule has 0 unspecified atom stereocenters. The number of nitrogens with two attached hydrogens (primary N) is 2. The Labute approximate surface area is 93.1 Å². The standard InChI is InChI=1S/C9H16N4O3/c10-7(14)4-13(5-8(11)15)9(16)1-6-2-12-3-6/h6,12H,1-5H2,(H2,10,14)(H2,11,15). The lowest BCUT2D eigenvalue weighted by Crippen LogP contribution is -2.48. The second-order valence-electron chi connectivity index (χ2n) is 3.91. The third-order valence-electron chi connectivity index (χ3n) is 2.38. The summed E-state index contributed by atoms with van der Waals surface area (Å²) in [6.45, 7) is 1.04. The smallest absolute Gasteiger partial charge is 0.237 e. The van der Waals surface area contributed by atoms with Crippen molar-refractivity contribution in [2.24, 2.45) is 17.4 Å². The van der Waals surface area contributed by atoms with Crippen molar-refractivity contribution in [2.45, 2.75) is 6.42 Å². The average molecular weight is 228 g/mol. The highest BCUT2D eigenvalue weighted by atomic mass is 16.2. The number of nitrogens with zero attached hydrogens (tertiary/aromatic N) is 1. The van der Waals surface area contributed by atoms with Gasteiger partial charge in [0.1, 0.15) is 0 Å². The lowest BCUT2D eigenvalue weighted by Gasteiger charge is -2.29. The van der Waals surface area contributed by atoms with Crippen molar-refractivity contribution >= 4 is 17.7 Å². The molecule has 0 atom stereocenters. The molecule has 1 rings (SSSR count). The average Bonchev–Trinajstić information content (AvgIpc) is 2.08. The molecule has 1 fully saturated rings. The predicted molar refractivity (Wildman–Crippen MR) is 55.9 cm³/mol. The Morgan fingerprint density at radius 1 is 1.12 bits per heavy atom. The summed E-state index contributed by atoms with van der Waals surface area (Å²) >= 11 is 0. The highest BCUT2D eigenvalue weighted by molar-refractivity contribution is 5.88. The second-order valence-corrected chi connectivity index (χ2v) is 3.91. The fourth-order valence-corrected chi connectivity index (χ4v) is 1.48. The van der Waals surface area contributed by atoms with E-state index in [2.05, 4.69) is 5.32 Å². The molecule has 1 aliphatic heterocycles. The zero-order valence-electron chi connectivity index (χ0n) is 8.94. The van der Waals surface area contributed by atoms with Gasteiger partial charge in [0.15, 0.2) is 0 Å². The zero-order valence-corrected chi connectivity index (χ0v) is 8.94. The monoisotopic (exact) mass is 228 g/mol. The molecule has 0 aromatic heterocycles. The summed E-state index contributed by atoms with van der Waals surface area (Å²) < 4.78 is 0. The van der Waals surface area contributed by atoms with Gasteiger partial charge in [-0.15, -0.1) is 0 Å². The van der Waals surface area contributed by atoms with Crippen molar-refractivity contribution in [2.75, 3.05) is 26.2 Å². The van der Waals surface area contributed by atoms with Crippen molar-refractivity contribution in [3.63, 3.8) is 0 Å². The minimum absolute atomic E-state index is 0.260. The van der Waals surface area contributed by atoms with Gasteiger partial charge in [0.25, 0.3) is 0 Å². The third-order valence-corrected chi connectivity index (χ3v) is 2.38. The van der Waals surface area contributed by atoms with E-state index in [0.29, 0.717) is 6.42 Å². The molecular weight excluding hydrogens is 212 g/mol. The van der Waals surface area contributed by atoms with Gasteiger partial charge in [0, 0.05) is 6.42 Å². The first kappa shape index (κ1) is 12.4. The molecule has 1 saturated heterocycles. The van der Waals surface area contributed by atoms with Crippen LogP contribution in [0.25, 0.3) is 0 Å². The van der Waals surface area contributed by atoms with Gasteiger partial charge in [0.05, 0.1) is 13.1 Å². The molecule has 5 N–H and O–H groups in total. The molecule has 0 aromatic carbocycles. The molecule has 0 radical (unpaired) electrons. The zero-order chi connectivity index (χ0) is 12.1. The number of nitrogens with one attached hydrogen (secondary N) is 1. The molecule has 0 aromatic rings. The van der Waals surface area contributed by atoms with E-state index in [1.807, 2.05) is 0 Å². The molecule has 1 heterocycles. The number of hydrogen-bond acceptors (Lipinski definition) is 4. The van der Waals surface area contributed by atoms with Crippen molar-refractivity contribution < 1.29 is 14.4 Å². The van der Waals surface area contributed by atoms with Crippen LogP contribution in [-0.2, 0) is 14.4 Å². The minimum atomic E-state index is -0.652. The predicted octanol–water partition coefficient (Wildman–Crippen LogP) is -2.60. The van der Waals surface area contributed by atoms with E-state index < -0.39 is 11.8 Å². The summed E-state index contributed by atoms with van der Waals surface area (Å²) in [4.78, 5) is 34.3. The topological polar surface area (TPSA) is 119 Å². The minimum Gasteiger partial charge on any atom is -0.368 e. The Morgan fingerprint density at radius 3 is 1.94 bits per heavy atom. The van der Waals surface area contributed by atoms with Gasteiger partial charge >= 0.3 is 0 Å². The van der Waals surface area contributed by atoms with E-state index in [4.69, 9.17) is 11.5 Å². The molecule has 16 heavy (non-hydrogen) atoms. The van der Waals surface area contributed by atoms with Crippen LogP contribution in [0.4, 0.5) is 0 Å². The molecule has 3 amide bonds. The van der Waals surface area contributed by atoms with E-state index in [-0.39, 0.29) is 24.9 Å². The van der Waals surface area contributed by atoms with Gasteiger partial charge in [0.2, 0.25) is 17.7 Å². The maximum Gasteiger partial charge on any atom is 0.237 e. The van der Waals surface area contributed by atoms with Gasteiger partial charge in [-0.05, 0) is 19.0 Å². The highest BCUT2D eigenvalue weighted by Gasteiger charge is 2.24.